The van der Waals surface area contributed by atoms with Crippen molar-refractivity contribution in [2.24, 2.45) is 13.0 Å². The van der Waals surface area contributed by atoms with Crippen molar-refractivity contribution >= 4 is 11.8 Å². The molecule has 1 aliphatic heterocycles. The number of hydrogen-bond donors (Lipinski definition) is 0. The van der Waals surface area contributed by atoms with Gasteiger partial charge in [0.15, 0.2) is 17.3 Å². The van der Waals surface area contributed by atoms with E-state index in [-0.39, 0.29) is 0 Å². The van der Waals surface area contributed by atoms with Crippen LogP contribution in [-0.2, 0) is 12.5 Å². The first kappa shape index (κ1) is 18.9. The molecule has 1 aliphatic carbocycles. The van der Waals surface area contributed by atoms with Gasteiger partial charge >= 0.3 is 0 Å². The molecule has 0 radical (unpaired) electrons. The minimum absolute atomic E-state index is 0.486. The monoisotopic (exact) mass is 409 g/mol. The number of likely N-dealkylation sites (tertiary alicyclic amines) is 1. The van der Waals surface area contributed by atoms with Crippen molar-refractivity contribution in [3.63, 3.8) is 0 Å². The molecule has 3 aromatic rings. The third-order valence-electron chi connectivity index (χ3n) is 6.57. The second-order valence-electron chi connectivity index (χ2n) is 8.31. The van der Waals surface area contributed by atoms with Crippen LogP contribution < -0.4 is 0 Å². The summed E-state index contributed by atoms with van der Waals surface area (Å²) in [5, 5.41) is 9.55. The molecule has 1 saturated heterocycles. The molecule has 7 heteroatoms. The summed E-state index contributed by atoms with van der Waals surface area (Å²) in [6.45, 7) is 5.55. The molecule has 1 saturated carbocycles. The predicted molar refractivity (Wildman–Crippen MR) is 114 cm³/mol. The number of rotatable bonds is 7. The number of fused-ring (bicyclic) bond motifs is 1. The highest BCUT2D eigenvalue weighted by Crippen LogP contribution is 2.59. The zero-order chi connectivity index (χ0) is 19.8. The van der Waals surface area contributed by atoms with E-state index in [1.165, 1.54) is 45.3 Å². The highest BCUT2D eigenvalue weighted by atomic mass is 32.2. The molecule has 29 heavy (non-hydrogen) atoms. The van der Waals surface area contributed by atoms with E-state index < -0.39 is 0 Å². The highest BCUT2D eigenvalue weighted by molar-refractivity contribution is 7.99. The molecule has 2 aliphatic rings. The van der Waals surface area contributed by atoms with Crippen LogP contribution in [0.25, 0.3) is 11.6 Å². The second kappa shape index (κ2) is 7.61. The summed E-state index contributed by atoms with van der Waals surface area (Å²) in [5.74, 6) is 3.33. The first-order valence-electron chi connectivity index (χ1n) is 10.4. The van der Waals surface area contributed by atoms with Crippen molar-refractivity contribution in [3.8, 4) is 11.6 Å². The summed E-state index contributed by atoms with van der Waals surface area (Å²) >= 11 is 1.77. The Balaban J connectivity index is 1.10. The van der Waals surface area contributed by atoms with Gasteiger partial charge in [0, 0.05) is 24.8 Å². The fourth-order valence-electron chi connectivity index (χ4n) is 4.76. The van der Waals surface area contributed by atoms with Crippen LogP contribution >= 0.6 is 11.8 Å². The third kappa shape index (κ3) is 3.51. The summed E-state index contributed by atoms with van der Waals surface area (Å²) in [6.07, 6.45) is 5.29. The summed E-state index contributed by atoms with van der Waals surface area (Å²) in [4.78, 5) is 6.80. The van der Waals surface area contributed by atoms with Crippen molar-refractivity contribution in [3.05, 3.63) is 48.0 Å². The van der Waals surface area contributed by atoms with Gasteiger partial charge in [0.05, 0.1) is 5.69 Å². The molecule has 2 unspecified atom stereocenters. The molecular formula is C22H27N5OS. The maximum atomic E-state index is 5.45. The molecule has 3 heterocycles. The molecule has 0 spiro atoms. The van der Waals surface area contributed by atoms with Gasteiger partial charge in [-0.25, -0.2) is 4.98 Å². The van der Waals surface area contributed by atoms with E-state index in [0.29, 0.717) is 11.2 Å². The van der Waals surface area contributed by atoms with Crippen LogP contribution in [0.2, 0.25) is 0 Å². The van der Waals surface area contributed by atoms with E-state index >= 15 is 0 Å². The fourth-order valence-corrected chi connectivity index (χ4v) is 5.60. The predicted octanol–water partition coefficient (Wildman–Crippen LogP) is 3.92. The lowest BCUT2D eigenvalue weighted by molar-refractivity contribution is 0.207. The van der Waals surface area contributed by atoms with Gasteiger partial charge in [-0.05, 0) is 50.8 Å². The largest absolute Gasteiger partial charge is 0.440 e. The lowest BCUT2D eigenvalue weighted by Gasteiger charge is -2.32. The first-order chi connectivity index (χ1) is 14.2. The van der Waals surface area contributed by atoms with E-state index in [0.717, 1.165) is 28.3 Å². The topological polar surface area (TPSA) is 60.0 Å². The Bertz CT molecular complexity index is 984. The lowest BCUT2D eigenvalue weighted by Crippen LogP contribution is -2.37. The number of oxazole rings is 1. The number of aromatic nitrogens is 4. The average Bonchev–Trinajstić information content (AvgIpc) is 3.17. The van der Waals surface area contributed by atoms with E-state index in [2.05, 4.69) is 50.4 Å². The quantitative estimate of drug-likeness (QED) is 0.435. The number of hydrogen-bond acceptors (Lipinski definition) is 6. The van der Waals surface area contributed by atoms with Crippen LogP contribution in [0.5, 0.6) is 0 Å². The van der Waals surface area contributed by atoms with Crippen molar-refractivity contribution < 1.29 is 4.42 Å². The minimum atomic E-state index is 0.486. The maximum absolute atomic E-state index is 5.45. The molecule has 0 N–H and O–H groups in total. The molecular weight excluding hydrogens is 382 g/mol. The number of aryl methyl sites for hydroxylation is 1. The number of benzene rings is 1. The number of piperidine rings is 1. The maximum Gasteiger partial charge on any atom is 0.202 e. The van der Waals surface area contributed by atoms with E-state index in [4.69, 9.17) is 4.42 Å². The molecule has 2 atom stereocenters. The van der Waals surface area contributed by atoms with Crippen molar-refractivity contribution in [1.29, 1.82) is 0 Å². The Kier molecular flexibility index (Phi) is 4.95. The molecule has 0 amide bonds. The number of nitrogens with zero attached hydrogens (tertiary/aromatic N) is 5. The van der Waals surface area contributed by atoms with Crippen LogP contribution in [0, 0.1) is 12.8 Å². The van der Waals surface area contributed by atoms with E-state index in [1.54, 1.807) is 17.3 Å². The van der Waals surface area contributed by atoms with Crippen LogP contribution in [0.4, 0.5) is 0 Å². The Morgan fingerprint density at radius 1 is 1.24 bits per heavy atom. The Hall–Kier alpha value is -2.12. The summed E-state index contributed by atoms with van der Waals surface area (Å²) in [6, 6.07) is 11.1. The number of thioether (sulfide) groups is 1. The first-order valence-corrected chi connectivity index (χ1v) is 11.4. The standard InChI is InChI=1S/C22H27N5OS/c1-16-19(28-15-23-16)20-24-25-21(26(20)2)29-12-6-10-27-11-9-22(13-18(22)14-27)17-7-4-3-5-8-17/h3-5,7-8,15,18H,6,9-14H2,1-2H3. The Labute approximate surface area is 175 Å². The van der Waals surface area contributed by atoms with Crippen LogP contribution in [0.3, 0.4) is 0 Å². The zero-order valence-electron chi connectivity index (χ0n) is 17.0. The van der Waals surface area contributed by atoms with E-state index in [9.17, 15) is 0 Å². The third-order valence-corrected chi connectivity index (χ3v) is 7.67. The summed E-state index contributed by atoms with van der Waals surface area (Å²) < 4.78 is 7.45. The van der Waals surface area contributed by atoms with Gasteiger partial charge in [0.2, 0.25) is 5.82 Å². The van der Waals surface area contributed by atoms with Gasteiger partial charge in [-0.2, -0.15) is 0 Å². The van der Waals surface area contributed by atoms with Gasteiger partial charge in [-0.15, -0.1) is 10.2 Å². The average molecular weight is 410 g/mol. The lowest BCUT2D eigenvalue weighted by atomic mass is 9.87. The van der Waals surface area contributed by atoms with Gasteiger partial charge in [-0.1, -0.05) is 42.1 Å². The molecule has 0 bridgehead atoms. The van der Waals surface area contributed by atoms with Gasteiger partial charge in [0.1, 0.15) is 0 Å². The molecule has 152 valence electrons. The molecule has 5 rings (SSSR count). The second-order valence-corrected chi connectivity index (χ2v) is 9.37. The molecule has 2 aromatic heterocycles. The van der Waals surface area contributed by atoms with Crippen molar-refractivity contribution in [2.45, 2.75) is 36.8 Å². The van der Waals surface area contributed by atoms with Crippen LogP contribution in [-0.4, -0.2) is 50.0 Å². The minimum Gasteiger partial charge on any atom is -0.440 e. The SMILES string of the molecule is Cc1ncoc1-c1nnc(SCCCN2CCC3(c4ccccc4)CC3C2)n1C. The fraction of sp³-hybridized carbons (Fsp3) is 0.500. The van der Waals surface area contributed by atoms with Gasteiger partial charge in [0.25, 0.3) is 0 Å². The van der Waals surface area contributed by atoms with Crippen molar-refractivity contribution in [1.82, 2.24) is 24.6 Å². The van der Waals surface area contributed by atoms with Gasteiger partial charge in [-0.3, -0.25) is 0 Å². The Morgan fingerprint density at radius 3 is 2.86 bits per heavy atom. The zero-order valence-corrected chi connectivity index (χ0v) is 17.9. The molecule has 2 fully saturated rings. The van der Waals surface area contributed by atoms with Gasteiger partial charge < -0.3 is 13.9 Å². The van der Waals surface area contributed by atoms with Crippen molar-refractivity contribution in [2.75, 3.05) is 25.4 Å². The summed E-state index contributed by atoms with van der Waals surface area (Å²) in [7, 11) is 1.99. The van der Waals surface area contributed by atoms with E-state index in [1.807, 2.05) is 18.5 Å². The summed E-state index contributed by atoms with van der Waals surface area (Å²) in [5.41, 5.74) is 2.88. The normalized spacial score (nSPS) is 23.9. The molecule has 6 nitrogen and oxygen atoms in total. The molecule has 1 aromatic carbocycles. The van der Waals surface area contributed by atoms with Crippen LogP contribution in [0.1, 0.15) is 30.5 Å². The highest BCUT2D eigenvalue weighted by Gasteiger charge is 2.57. The smallest absolute Gasteiger partial charge is 0.202 e. The van der Waals surface area contributed by atoms with Crippen LogP contribution in [0.15, 0.2) is 46.3 Å². The Morgan fingerprint density at radius 2 is 2.10 bits per heavy atom.